The molecule has 0 saturated carbocycles. The van der Waals surface area contributed by atoms with Crippen molar-refractivity contribution in [1.82, 2.24) is 0 Å². The lowest BCUT2D eigenvalue weighted by molar-refractivity contribution is 0.299. The van der Waals surface area contributed by atoms with Crippen molar-refractivity contribution in [3.05, 3.63) is 65.0 Å². The number of nitriles is 1. The topological polar surface area (TPSA) is 59.0 Å². The lowest BCUT2D eigenvalue weighted by Gasteiger charge is -2.08. The maximum absolute atomic E-state index is 13.8. The fourth-order valence-electron chi connectivity index (χ4n) is 1.66. The van der Waals surface area contributed by atoms with E-state index in [9.17, 15) is 4.39 Å². The highest BCUT2D eigenvalue weighted by molar-refractivity contribution is 5.35. The third-order valence-electron chi connectivity index (χ3n) is 2.75. The second-order valence-corrected chi connectivity index (χ2v) is 4.03. The van der Waals surface area contributed by atoms with Crippen LogP contribution in [0, 0.1) is 17.1 Å². The summed E-state index contributed by atoms with van der Waals surface area (Å²) in [5.41, 5.74) is 6.89. The maximum Gasteiger partial charge on any atom is 0.147 e. The van der Waals surface area contributed by atoms with Crippen molar-refractivity contribution >= 4 is 0 Å². The smallest absolute Gasteiger partial charge is 0.147 e. The summed E-state index contributed by atoms with van der Waals surface area (Å²) in [5, 5.41) is 8.74. The minimum absolute atomic E-state index is 0.0274. The van der Waals surface area contributed by atoms with Crippen molar-refractivity contribution in [2.45, 2.75) is 13.2 Å². The molecule has 2 rings (SSSR count). The first kappa shape index (κ1) is 13.1. The van der Waals surface area contributed by atoms with Crippen LogP contribution < -0.4 is 10.5 Å². The molecule has 0 amide bonds. The summed E-state index contributed by atoms with van der Waals surface area (Å²) in [6.07, 6.45) is 0. The van der Waals surface area contributed by atoms with Crippen molar-refractivity contribution in [1.29, 1.82) is 5.26 Å². The highest BCUT2D eigenvalue weighted by atomic mass is 19.1. The van der Waals surface area contributed by atoms with E-state index in [1.807, 2.05) is 12.1 Å². The van der Waals surface area contributed by atoms with E-state index in [0.717, 1.165) is 5.56 Å². The van der Waals surface area contributed by atoms with Crippen molar-refractivity contribution in [2.75, 3.05) is 0 Å². The van der Waals surface area contributed by atoms with Gasteiger partial charge in [0.1, 0.15) is 24.2 Å². The van der Waals surface area contributed by atoms with E-state index in [1.54, 1.807) is 30.3 Å². The molecule has 0 aromatic heterocycles. The van der Waals surface area contributed by atoms with E-state index in [1.165, 1.54) is 6.07 Å². The van der Waals surface area contributed by atoms with Crippen LogP contribution in [0.3, 0.4) is 0 Å². The van der Waals surface area contributed by atoms with Gasteiger partial charge in [0.25, 0.3) is 0 Å². The molecule has 2 N–H and O–H groups in total. The molecule has 0 aliphatic rings. The quantitative estimate of drug-likeness (QED) is 0.915. The van der Waals surface area contributed by atoms with E-state index < -0.39 is 5.82 Å². The molecule has 96 valence electrons. The minimum atomic E-state index is -0.524. The Morgan fingerprint density at radius 3 is 2.53 bits per heavy atom. The Balaban J connectivity index is 2.08. The van der Waals surface area contributed by atoms with E-state index >= 15 is 0 Å². The maximum atomic E-state index is 13.8. The number of nitrogens with zero attached hydrogens (tertiary/aromatic N) is 1. The van der Waals surface area contributed by atoms with Crippen molar-refractivity contribution < 1.29 is 9.13 Å². The van der Waals surface area contributed by atoms with Gasteiger partial charge in [-0.15, -0.1) is 0 Å². The fourth-order valence-corrected chi connectivity index (χ4v) is 1.66. The largest absolute Gasteiger partial charge is 0.489 e. The van der Waals surface area contributed by atoms with E-state index in [2.05, 4.69) is 0 Å². The summed E-state index contributed by atoms with van der Waals surface area (Å²) in [7, 11) is 0. The molecule has 2 aromatic carbocycles. The number of nitrogens with two attached hydrogens (primary N) is 1. The van der Waals surface area contributed by atoms with Crippen LogP contribution >= 0.6 is 0 Å². The van der Waals surface area contributed by atoms with E-state index in [4.69, 9.17) is 15.7 Å². The summed E-state index contributed by atoms with van der Waals surface area (Å²) in [6, 6.07) is 13.8. The Kier molecular flexibility index (Phi) is 4.11. The monoisotopic (exact) mass is 256 g/mol. The van der Waals surface area contributed by atoms with Crippen molar-refractivity contribution in [2.24, 2.45) is 5.73 Å². The summed E-state index contributed by atoms with van der Waals surface area (Å²) < 4.78 is 19.3. The number of hydrogen-bond acceptors (Lipinski definition) is 3. The summed E-state index contributed by atoms with van der Waals surface area (Å²) in [4.78, 5) is 0. The summed E-state index contributed by atoms with van der Waals surface area (Å²) in [5.74, 6) is 0.113. The van der Waals surface area contributed by atoms with Gasteiger partial charge >= 0.3 is 0 Å². The fraction of sp³-hybridized carbons (Fsp3) is 0.133. The van der Waals surface area contributed by atoms with Gasteiger partial charge in [-0.05, 0) is 23.8 Å². The number of hydrogen-bond donors (Lipinski definition) is 1. The van der Waals surface area contributed by atoms with Crippen LogP contribution in [0.15, 0.2) is 42.5 Å². The van der Waals surface area contributed by atoms with Crippen LogP contribution in [-0.4, -0.2) is 0 Å². The first-order valence-electron chi connectivity index (χ1n) is 5.84. The molecule has 0 bridgehead atoms. The highest BCUT2D eigenvalue weighted by Gasteiger charge is 2.07. The predicted octanol–water partition coefficient (Wildman–Crippen LogP) is 2.74. The highest BCUT2D eigenvalue weighted by Crippen LogP contribution is 2.17. The number of halogens is 1. The predicted molar refractivity (Wildman–Crippen MR) is 69.8 cm³/mol. The molecule has 19 heavy (non-hydrogen) atoms. The average Bonchev–Trinajstić information content (AvgIpc) is 2.47. The molecule has 2 aromatic rings. The Morgan fingerprint density at radius 2 is 1.89 bits per heavy atom. The molecular formula is C15H13FN2O. The van der Waals surface area contributed by atoms with Gasteiger partial charge in [0.05, 0.1) is 5.56 Å². The van der Waals surface area contributed by atoms with Crippen LogP contribution in [-0.2, 0) is 13.2 Å². The van der Waals surface area contributed by atoms with Gasteiger partial charge in [-0.1, -0.05) is 24.3 Å². The Labute approximate surface area is 111 Å². The number of ether oxygens (including phenoxy) is 1. The summed E-state index contributed by atoms with van der Waals surface area (Å²) in [6.45, 7) is 0.558. The molecule has 0 radical (unpaired) electrons. The first-order valence-corrected chi connectivity index (χ1v) is 5.84. The lowest BCUT2D eigenvalue weighted by Crippen LogP contribution is -2.01. The first-order chi connectivity index (χ1) is 9.24. The zero-order valence-electron chi connectivity index (χ0n) is 10.3. The molecule has 0 aliphatic carbocycles. The molecule has 4 heteroatoms. The molecule has 0 fully saturated rings. The van der Waals surface area contributed by atoms with Crippen LogP contribution in [0.25, 0.3) is 0 Å². The number of rotatable bonds is 4. The molecule has 3 nitrogen and oxygen atoms in total. The zero-order chi connectivity index (χ0) is 13.7. The average molecular weight is 256 g/mol. The van der Waals surface area contributed by atoms with Crippen LogP contribution in [0.4, 0.5) is 4.39 Å². The van der Waals surface area contributed by atoms with Crippen molar-refractivity contribution in [3.63, 3.8) is 0 Å². The van der Waals surface area contributed by atoms with Crippen LogP contribution in [0.1, 0.15) is 16.7 Å². The molecule has 0 atom stereocenters. The second kappa shape index (κ2) is 5.98. The normalized spacial score (nSPS) is 9.95. The van der Waals surface area contributed by atoms with E-state index in [0.29, 0.717) is 17.9 Å². The van der Waals surface area contributed by atoms with Gasteiger partial charge in [-0.2, -0.15) is 5.26 Å². The van der Waals surface area contributed by atoms with Gasteiger partial charge in [0.2, 0.25) is 0 Å². The molecule has 0 saturated heterocycles. The van der Waals surface area contributed by atoms with Gasteiger partial charge in [-0.3, -0.25) is 0 Å². The van der Waals surface area contributed by atoms with Gasteiger partial charge in [0.15, 0.2) is 0 Å². The van der Waals surface area contributed by atoms with Gasteiger partial charge < -0.3 is 10.5 Å². The van der Waals surface area contributed by atoms with E-state index in [-0.39, 0.29) is 12.2 Å². The Hall–Kier alpha value is -2.38. The Bertz CT molecular complexity index is 603. The van der Waals surface area contributed by atoms with Crippen molar-refractivity contribution in [3.8, 4) is 11.8 Å². The second-order valence-electron chi connectivity index (χ2n) is 4.03. The zero-order valence-corrected chi connectivity index (χ0v) is 10.3. The van der Waals surface area contributed by atoms with Gasteiger partial charge in [-0.25, -0.2) is 4.39 Å². The SMILES string of the molecule is N#Cc1cccc(COc2ccc(CN)cc2)c1F. The Morgan fingerprint density at radius 1 is 1.16 bits per heavy atom. The molecule has 0 spiro atoms. The summed E-state index contributed by atoms with van der Waals surface area (Å²) >= 11 is 0. The number of benzene rings is 2. The standard InChI is InChI=1S/C15H13FN2O/c16-15-12(9-18)2-1-3-13(15)10-19-14-6-4-11(8-17)5-7-14/h1-7H,8,10,17H2. The third-order valence-corrected chi connectivity index (χ3v) is 2.75. The lowest BCUT2D eigenvalue weighted by atomic mass is 10.1. The third kappa shape index (κ3) is 3.09. The van der Waals surface area contributed by atoms with Gasteiger partial charge in [0, 0.05) is 12.1 Å². The molecule has 0 aliphatic heterocycles. The molecule has 0 unspecified atom stereocenters. The molecule has 0 heterocycles. The molecular weight excluding hydrogens is 243 g/mol. The van der Waals surface area contributed by atoms with Crippen LogP contribution in [0.2, 0.25) is 0 Å². The minimum Gasteiger partial charge on any atom is -0.489 e. The van der Waals surface area contributed by atoms with Crippen LogP contribution in [0.5, 0.6) is 5.75 Å².